The van der Waals surface area contributed by atoms with Crippen LogP contribution in [0.25, 0.3) is 0 Å². The zero-order valence-corrected chi connectivity index (χ0v) is 9.34. The summed E-state index contributed by atoms with van der Waals surface area (Å²) in [4.78, 5) is 0. The van der Waals surface area contributed by atoms with Crippen molar-refractivity contribution >= 4 is 0 Å². The Labute approximate surface area is 92.8 Å². The van der Waals surface area contributed by atoms with Gasteiger partial charge in [-0.2, -0.15) is 0 Å². The number of nitrogens with one attached hydrogen (secondary N) is 1. The normalized spacial score (nSPS) is 10.9. The summed E-state index contributed by atoms with van der Waals surface area (Å²) in [6, 6.07) is 0. The van der Waals surface area contributed by atoms with Crippen LogP contribution in [0.3, 0.4) is 0 Å². The number of rotatable bonds is 5. The van der Waals surface area contributed by atoms with Crippen LogP contribution in [0.2, 0.25) is 0 Å². The van der Waals surface area contributed by atoms with Crippen LogP contribution >= 0.6 is 0 Å². The molecular formula is C9H14N6O. The summed E-state index contributed by atoms with van der Waals surface area (Å²) in [7, 11) is 0. The number of nitrogens with zero attached hydrogens (tertiary/aromatic N) is 5. The Morgan fingerprint density at radius 3 is 2.94 bits per heavy atom. The van der Waals surface area contributed by atoms with Crippen molar-refractivity contribution in [2.75, 3.05) is 0 Å². The van der Waals surface area contributed by atoms with E-state index in [9.17, 15) is 0 Å². The molecule has 0 spiro atoms. The van der Waals surface area contributed by atoms with Gasteiger partial charge < -0.3 is 9.88 Å². The van der Waals surface area contributed by atoms with E-state index in [1.54, 1.807) is 6.33 Å². The van der Waals surface area contributed by atoms with Gasteiger partial charge in [-0.05, 0) is 13.8 Å². The second-order valence-electron chi connectivity index (χ2n) is 3.43. The van der Waals surface area contributed by atoms with Gasteiger partial charge in [0, 0.05) is 13.1 Å². The van der Waals surface area contributed by atoms with E-state index < -0.39 is 0 Å². The van der Waals surface area contributed by atoms with E-state index in [1.165, 1.54) is 0 Å². The largest absolute Gasteiger partial charge is 0.317 e. The van der Waals surface area contributed by atoms with Crippen molar-refractivity contribution in [1.29, 1.82) is 0 Å². The van der Waals surface area contributed by atoms with E-state index in [2.05, 4.69) is 37.4 Å². The molecule has 0 unspecified atom stereocenters. The van der Waals surface area contributed by atoms with Gasteiger partial charge in [0.25, 0.3) is 0 Å². The summed E-state index contributed by atoms with van der Waals surface area (Å²) >= 11 is 0. The van der Waals surface area contributed by atoms with Gasteiger partial charge in [-0.15, -0.1) is 10.2 Å². The second-order valence-corrected chi connectivity index (χ2v) is 3.43. The highest BCUT2D eigenvalue weighted by molar-refractivity contribution is 5.03. The smallest absolute Gasteiger partial charge is 0.146 e. The standard InChI is InChI=1S/C9H14N6O/c1-3-15-6-11-12-9(15)5-10-4-8-7(2)13-16-14-8/h6,10H,3-5H2,1-2H3. The Balaban J connectivity index is 1.87. The van der Waals surface area contributed by atoms with Crippen molar-refractivity contribution in [3.63, 3.8) is 0 Å². The molecule has 1 N–H and O–H groups in total. The van der Waals surface area contributed by atoms with Crippen LogP contribution in [0.4, 0.5) is 0 Å². The molecule has 0 fully saturated rings. The van der Waals surface area contributed by atoms with Crippen molar-refractivity contribution in [2.24, 2.45) is 0 Å². The summed E-state index contributed by atoms with van der Waals surface area (Å²) < 4.78 is 6.59. The third kappa shape index (κ3) is 2.25. The van der Waals surface area contributed by atoms with Crippen molar-refractivity contribution in [1.82, 2.24) is 30.4 Å². The summed E-state index contributed by atoms with van der Waals surface area (Å²) in [6.07, 6.45) is 1.72. The van der Waals surface area contributed by atoms with Crippen LogP contribution in [0.15, 0.2) is 11.0 Å². The monoisotopic (exact) mass is 222 g/mol. The van der Waals surface area contributed by atoms with Crippen molar-refractivity contribution in [3.05, 3.63) is 23.5 Å². The van der Waals surface area contributed by atoms with Gasteiger partial charge in [0.2, 0.25) is 0 Å². The minimum Gasteiger partial charge on any atom is -0.317 e. The molecule has 7 nitrogen and oxygen atoms in total. The Hall–Kier alpha value is -1.76. The molecule has 0 atom stereocenters. The molecular weight excluding hydrogens is 208 g/mol. The fraction of sp³-hybridized carbons (Fsp3) is 0.556. The van der Waals surface area contributed by atoms with Gasteiger partial charge in [-0.25, -0.2) is 4.63 Å². The summed E-state index contributed by atoms with van der Waals surface area (Å²) in [5, 5.41) is 18.6. The third-order valence-corrected chi connectivity index (χ3v) is 2.36. The summed E-state index contributed by atoms with van der Waals surface area (Å²) in [5.41, 5.74) is 1.63. The number of hydrogen-bond donors (Lipinski definition) is 1. The summed E-state index contributed by atoms with van der Waals surface area (Å²) in [5.74, 6) is 0.914. The maximum absolute atomic E-state index is 4.60. The van der Waals surface area contributed by atoms with Gasteiger partial charge in [-0.1, -0.05) is 10.3 Å². The zero-order chi connectivity index (χ0) is 11.4. The first-order valence-electron chi connectivity index (χ1n) is 5.16. The first-order chi connectivity index (χ1) is 7.81. The van der Waals surface area contributed by atoms with E-state index >= 15 is 0 Å². The SMILES string of the molecule is CCn1cnnc1CNCc1nonc1C. The van der Waals surface area contributed by atoms with E-state index in [0.29, 0.717) is 13.1 Å². The summed E-state index contributed by atoms with van der Waals surface area (Å²) in [6.45, 7) is 6.06. The minimum absolute atomic E-state index is 0.617. The van der Waals surface area contributed by atoms with E-state index in [0.717, 1.165) is 23.8 Å². The van der Waals surface area contributed by atoms with Crippen molar-refractivity contribution in [2.45, 2.75) is 33.5 Å². The van der Waals surface area contributed by atoms with Crippen LogP contribution in [0.5, 0.6) is 0 Å². The predicted octanol–water partition coefficient (Wildman–Crippen LogP) is 0.279. The lowest BCUT2D eigenvalue weighted by molar-refractivity contribution is 0.300. The van der Waals surface area contributed by atoms with Crippen molar-refractivity contribution < 1.29 is 4.63 Å². The fourth-order valence-corrected chi connectivity index (χ4v) is 1.38. The van der Waals surface area contributed by atoms with Crippen molar-refractivity contribution in [3.8, 4) is 0 Å². The predicted molar refractivity (Wildman–Crippen MR) is 55.3 cm³/mol. The maximum Gasteiger partial charge on any atom is 0.146 e. The quantitative estimate of drug-likeness (QED) is 0.782. The Morgan fingerprint density at radius 2 is 2.25 bits per heavy atom. The highest BCUT2D eigenvalue weighted by Crippen LogP contribution is 2.00. The molecule has 16 heavy (non-hydrogen) atoms. The molecule has 2 aromatic heterocycles. The molecule has 2 rings (SSSR count). The van der Waals surface area contributed by atoms with E-state index in [-0.39, 0.29) is 0 Å². The molecule has 0 bridgehead atoms. The number of hydrogen-bond acceptors (Lipinski definition) is 6. The molecule has 0 saturated carbocycles. The van der Waals surface area contributed by atoms with Gasteiger partial charge in [-0.3, -0.25) is 0 Å². The highest BCUT2D eigenvalue weighted by atomic mass is 16.6. The van der Waals surface area contributed by atoms with E-state index in [1.807, 2.05) is 11.5 Å². The second kappa shape index (κ2) is 4.84. The molecule has 2 aromatic rings. The molecule has 2 heterocycles. The fourth-order valence-electron chi connectivity index (χ4n) is 1.38. The van der Waals surface area contributed by atoms with Crippen LogP contribution in [0, 0.1) is 6.92 Å². The lowest BCUT2D eigenvalue weighted by atomic mass is 10.3. The molecule has 0 aliphatic carbocycles. The average molecular weight is 222 g/mol. The Morgan fingerprint density at radius 1 is 1.38 bits per heavy atom. The van der Waals surface area contributed by atoms with Crippen LogP contribution in [-0.2, 0) is 19.6 Å². The lowest BCUT2D eigenvalue weighted by Crippen LogP contribution is -2.17. The van der Waals surface area contributed by atoms with Gasteiger partial charge in [0.1, 0.15) is 23.5 Å². The Bertz CT molecular complexity index is 448. The van der Waals surface area contributed by atoms with Crippen LogP contribution in [-0.4, -0.2) is 25.1 Å². The van der Waals surface area contributed by atoms with Crippen LogP contribution < -0.4 is 5.32 Å². The Kier molecular flexibility index (Phi) is 3.25. The number of aromatic nitrogens is 5. The first-order valence-corrected chi connectivity index (χ1v) is 5.16. The van der Waals surface area contributed by atoms with E-state index in [4.69, 9.17) is 0 Å². The van der Waals surface area contributed by atoms with Gasteiger partial charge >= 0.3 is 0 Å². The molecule has 0 aliphatic heterocycles. The van der Waals surface area contributed by atoms with Gasteiger partial charge in [0.15, 0.2) is 0 Å². The topological polar surface area (TPSA) is 81.7 Å². The maximum atomic E-state index is 4.60. The minimum atomic E-state index is 0.617. The third-order valence-electron chi connectivity index (χ3n) is 2.36. The molecule has 0 amide bonds. The van der Waals surface area contributed by atoms with Crippen LogP contribution in [0.1, 0.15) is 24.1 Å². The molecule has 7 heteroatoms. The first kappa shape index (κ1) is 10.7. The lowest BCUT2D eigenvalue weighted by Gasteiger charge is -2.03. The van der Waals surface area contributed by atoms with Gasteiger partial charge in [0.05, 0.1) is 6.54 Å². The molecule has 0 saturated heterocycles. The number of aryl methyl sites for hydroxylation is 2. The zero-order valence-electron chi connectivity index (χ0n) is 9.34. The average Bonchev–Trinajstić information content (AvgIpc) is 2.88. The molecule has 0 radical (unpaired) electrons. The molecule has 86 valence electrons. The molecule has 0 aromatic carbocycles. The molecule has 0 aliphatic rings. The highest BCUT2D eigenvalue weighted by Gasteiger charge is 2.06.